The quantitative estimate of drug-likeness (QED) is 0.848. The predicted molar refractivity (Wildman–Crippen MR) is 68.9 cm³/mol. The van der Waals surface area contributed by atoms with E-state index in [2.05, 4.69) is 35.1 Å². The SMILES string of the molecule is Cc1cscc1C(=O)NC(CBr)C(C)C. The molecule has 1 rings (SSSR count). The molecule has 0 fully saturated rings. The van der Waals surface area contributed by atoms with E-state index in [1.165, 1.54) is 0 Å². The lowest BCUT2D eigenvalue weighted by molar-refractivity contribution is 0.0931. The number of hydrogen-bond donors (Lipinski definition) is 1. The van der Waals surface area contributed by atoms with Crippen LogP contribution in [0, 0.1) is 12.8 Å². The average Bonchev–Trinajstić information content (AvgIpc) is 2.60. The zero-order valence-corrected chi connectivity index (χ0v) is 11.6. The Bertz CT molecular complexity index is 335. The van der Waals surface area contributed by atoms with Gasteiger partial charge in [0.1, 0.15) is 0 Å². The van der Waals surface area contributed by atoms with E-state index in [-0.39, 0.29) is 11.9 Å². The Morgan fingerprint density at radius 2 is 2.20 bits per heavy atom. The van der Waals surface area contributed by atoms with Gasteiger partial charge in [-0.25, -0.2) is 0 Å². The Kier molecular flexibility index (Phi) is 4.80. The highest BCUT2D eigenvalue weighted by Crippen LogP contribution is 2.14. The van der Waals surface area contributed by atoms with E-state index in [0.29, 0.717) is 5.92 Å². The molecule has 1 unspecified atom stereocenters. The van der Waals surface area contributed by atoms with Crippen LogP contribution >= 0.6 is 27.3 Å². The molecular formula is C11H16BrNOS. The first kappa shape index (κ1) is 12.7. The molecule has 1 heterocycles. The molecule has 15 heavy (non-hydrogen) atoms. The average molecular weight is 290 g/mol. The molecule has 1 aromatic rings. The standard InChI is InChI=1S/C11H16BrNOS/c1-7(2)10(4-12)13-11(14)9-6-15-5-8(9)3/h5-7,10H,4H2,1-3H3,(H,13,14). The number of rotatable bonds is 4. The minimum atomic E-state index is 0.0342. The lowest BCUT2D eigenvalue weighted by atomic mass is 10.1. The molecule has 0 radical (unpaired) electrons. The summed E-state index contributed by atoms with van der Waals surface area (Å²) in [5.41, 5.74) is 1.85. The molecule has 4 heteroatoms. The van der Waals surface area contributed by atoms with Crippen molar-refractivity contribution in [1.82, 2.24) is 5.32 Å². The largest absolute Gasteiger partial charge is 0.348 e. The number of nitrogens with one attached hydrogen (secondary N) is 1. The molecule has 0 aliphatic rings. The second-order valence-corrected chi connectivity index (χ2v) is 5.34. The minimum Gasteiger partial charge on any atom is -0.348 e. The van der Waals surface area contributed by atoms with Gasteiger partial charge in [0, 0.05) is 16.8 Å². The fourth-order valence-electron chi connectivity index (χ4n) is 1.22. The molecule has 0 aromatic carbocycles. The van der Waals surface area contributed by atoms with E-state index in [0.717, 1.165) is 16.5 Å². The van der Waals surface area contributed by atoms with Crippen LogP contribution in [-0.4, -0.2) is 17.3 Å². The highest BCUT2D eigenvalue weighted by atomic mass is 79.9. The summed E-state index contributed by atoms with van der Waals surface area (Å²) in [5.74, 6) is 0.471. The third-order valence-corrected chi connectivity index (χ3v) is 3.95. The topological polar surface area (TPSA) is 29.1 Å². The van der Waals surface area contributed by atoms with Gasteiger partial charge >= 0.3 is 0 Å². The second kappa shape index (κ2) is 5.66. The first-order valence-corrected chi connectivity index (χ1v) is 7.02. The van der Waals surface area contributed by atoms with Gasteiger partial charge in [-0.15, -0.1) is 0 Å². The Morgan fingerprint density at radius 1 is 1.53 bits per heavy atom. The van der Waals surface area contributed by atoms with Crippen molar-refractivity contribution in [1.29, 1.82) is 0 Å². The van der Waals surface area contributed by atoms with Crippen LogP contribution in [-0.2, 0) is 0 Å². The van der Waals surface area contributed by atoms with E-state index < -0.39 is 0 Å². The van der Waals surface area contributed by atoms with Crippen LogP contribution in [0.5, 0.6) is 0 Å². The second-order valence-electron chi connectivity index (χ2n) is 3.95. The molecule has 0 bridgehead atoms. The van der Waals surface area contributed by atoms with Gasteiger partial charge in [0.05, 0.1) is 5.56 Å². The molecule has 1 N–H and O–H groups in total. The van der Waals surface area contributed by atoms with Crippen molar-refractivity contribution in [3.05, 3.63) is 21.9 Å². The number of alkyl halides is 1. The van der Waals surface area contributed by atoms with E-state index in [1.807, 2.05) is 17.7 Å². The van der Waals surface area contributed by atoms with Crippen LogP contribution in [0.3, 0.4) is 0 Å². The van der Waals surface area contributed by atoms with Crippen LogP contribution in [0.15, 0.2) is 10.8 Å². The number of amides is 1. The minimum absolute atomic E-state index is 0.0342. The summed E-state index contributed by atoms with van der Waals surface area (Å²) in [7, 11) is 0. The summed E-state index contributed by atoms with van der Waals surface area (Å²) in [6.07, 6.45) is 0. The molecule has 1 aromatic heterocycles. The number of aryl methyl sites for hydroxylation is 1. The van der Waals surface area contributed by atoms with Crippen LogP contribution in [0.4, 0.5) is 0 Å². The van der Waals surface area contributed by atoms with E-state index in [9.17, 15) is 4.79 Å². The fourth-order valence-corrected chi connectivity index (χ4v) is 2.96. The summed E-state index contributed by atoms with van der Waals surface area (Å²) >= 11 is 4.98. The molecule has 2 nitrogen and oxygen atoms in total. The fraction of sp³-hybridized carbons (Fsp3) is 0.545. The van der Waals surface area contributed by atoms with Gasteiger partial charge in [0.25, 0.3) is 5.91 Å². The van der Waals surface area contributed by atoms with E-state index in [4.69, 9.17) is 0 Å². The molecule has 0 saturated heterocycles. The van der Waals surface area contributed by atoms with Crippen molar-refractivity contribution in [3.8, 4) is 0 Å². The molecule has 0 saturated carbocycles. The third-order valence-electron chi connectivity index (χ3n) is 2.39. The first-order valence-electron chi connectivity index (χ1n) is 4.96. The summed E-state index contributed by atoms with van der Waals surface area (Å²) in [4.78, 5) is 11.9. The van der Waals surface area contributed by atoms with Gasteiger partial charge < -0.3 is 5.32 Å². The molecule has 0 spiro atoms. The van der Waals surface area contributed by atoms with Gasteiger partial charge in [0.2, 0.25) is 0 Å². The Balaban J connectivity index is 2.67. The van der Waals surface area contributed by atoms with Crippen molar-refractivity contribution < 1.29 is 4.79 Å². The van der Waals surface area contributed by atoms with Crippen LogP contribution < -0.4 is 5.32 Å². The Hall–Kier alpha value is -0.350. The maximum Gasteiger partial charge on any atom is 0.252 e. The molecule has 1 amide bonds. The van der Waals surface area contributed by atoms with Gasteiger partial charge in [-0.3, -0.25) is 4.79 Å². The summed E-state index contributed by atoms with van der Waals surface area (Å²) in [6, 6.07) is 0.191. The van der Waals surface area contributed by atoms with Gasteiger partial charge in [-0.05, 0) is 23.8 Å². The molecule has 0 aliphatic heterocycles. The van der Waals surface area contributed by atoms with Gasteiger partial charge in [-0.1, -0.05) is 29.8 Å². The van der Waals surface area contributed by atoms with Crippen LogP contribution in [0.25, 0.3) is 0 Å². The van der Waals surface area contributed by atoms with Crippen molar-refractivity contribution in [2.75, 3.05) is 5.33 Å². The highest BCUT2D eigenvalue weighted by Gasteiger charge is 2.17. The molecule has 84 valence electrons. The van der Waals surface area contributed by atoms with E-state index in [1.54, 1.807) is 11.3 Å². The third kappa shape index (κ3) is 3.31. The van der Waals surface area contributed by atoms with Gasteiger partial charge in [0.15, 0.2) is 0 Å². The number of hydrogen-bond acceptors (Lipinski definition) is 2. The number of thiophene rings is 1. The predicted octanol–water partition coefficient (Wildman–Crippen LogP) is 3.21. The maximum atomic E-state index is 11.9. The zero-order chi connectivity index (χ0) is 11.4. The van der Waals surface area contributed by atoms with Crippen molar-refractivity contribution in [2.45, 2.75) is 26.8 Å². The first-order chi connectivity index (χ1) is 7.06. The maximum absolute atomic E-state index is 11.9. The van der Waals surface area contributed by atoms with Crippen LogP contribution in [0.1, 0.15) is 29.8 Å². The van der Waals surface area contributed by atoms with Crippen LogP contribution in [0.2, 0.25) is 0 Å². The molecule has 0 aliphatic carbocycles. The zero-order valence-electron chi connectivity index (χ0n) is 9.21. The number of carbonyl (C=O) groups excluding carboxylic acids is 1. The summed E-state index contributed by atoms with van der Waals surface area (Å²) < 4.78 is 0. The van der Waals surface area contributed by atoms with Crippen molar-refractivity contribution in [3.63, 3.8) is 0 Å². The highest BCUT2D eigenvalue weighted by molar-refractivity contribution is 9.09. The summed E-state index contributed by atoms with van der Waals surface area (Å²) in [6.45, 7) is 6.17. The molecule has 1 atom stereocenters. The van der Waals surface area contributed by atoms with Crippen molar-refractivity contribution >= 4 is 33.2 Å². The summed E-state index contributed by atoms with van der Waals surface area (Å²) in [5, 5.41) is 7.71. The lowest BCUT2D eigenvalue weighted by Gasteiger charge is -2.19. The number of carbonyl (C=O) groups is 1. The van der Waals surface area contributed by atoms with Crippen molar-refractivity contribution in [2.24, 2.45) is 5.92 Å². The number of halogens is 1. The monoisotopic (exact) mass is 289 g/mol. The Labute approximate surface area is 103 Å². The van der Waals surface area contributed by atoms with E-state index >= 15 is 0 Å². The van der Waals surface area contributed by atoms with Gasteiger partial charge in [-0.2, -0.15) is 11.3 Å². The smallest absolute Gasteiger partial charge is 0.252 e. The lowest BCUT2D eigenvalue weighted by Crippen LogP contribution is -2.39. The normalized spacial score (nSPS) is 12.9. The Morgan fingerprint density at radius 3 is 2.60 bits per heavy atom. The molecular weight excluding hydrogens is 274 g/mol.